The van der Waals surface area contributed by atoms with Crippen molar-refractivity contribution in [2.75, 3.05) is 5.32 Å². The Balaban J connectivity index is 1.39. The topological polar surface area (TPSA) is 94.3 Å². The molecule has 0 spiro atoms. The number of carbonyl (C=O) groups excluding carboxylic acids is 2. The molecule has 1 N–H and O–H groups in total. The van der Waals surface area contributed by atoms with Gasteiger partial charge in [-0.2, -0.15) is 4.98 Å². The van der Waals surface area contributed by atoms with Gasteiger partial charge in [0, 0.05) is 0 Å². The van der Waals surface area contributed by atoms with Crippen molar-refractivity contribution in [1.29, 1.82) is 0 Å². The molecule has 2 heterocycles. The fraction of sp³-hybridized carbons (Fsp3) is 0.0909. The van der Waals surface area contributed by atoms with Crippen LogP contribution in [0.15, 0.2) is 76.6 Å². The molecule has 150 valence electrons. The van der Waals surface area contributed by atoms with E-state index in [-0.39, 0.29) is 30.4 Å². The van der Waals surface area contributed by atoms with Crippen LogP contribution in [0, 0.1) is 0 Å². The maximum absolute atomic E-state index is 12.6. The number of nitrogens with zero attached hydrogens (tertiary/aromatic N) is 2. The summed E-state index contributed by atoms with van der Waals surface area (Å²) in [5, 5.41) is 8.56. The van der Waals surface area contributed by atoms with Crippen LogP contribution in [0.1, 0.15) is 21.8 Å². The van der Waals surface area contributed by atoms with Gasteiger partial charge in [0.2, 0.25) is 11.7 Å². The molecule has 2 aromatic carbocycles. The highest BCUT2D eigenvalue weighted by Crippen LogP contribution is 2.22. The Morgan fingerprint density at radius 2 is 1.80 bits per heavy atom. The number of ether oxygens (including phenoxy) is 1. The Bertz CT molecular complexity index is 1140. The molecule has 0 atom stereocenters. The van der Waals surface area contributed by atoms with E-state index >= 15 is 0 Å². The van der Waals surface area contributed by atoms with Crippen molar-refractivity contribution in [2.45, 2.75) is 13.0 Å². The van der Waals surface area contributed by atoms with Gasteiger partial charge in [-0.1, -0.05) is 53.7 Å². The van der Waals surface area contributed by atoms with E-state index in [1.165, 1.54) is 11.3 Å². The first kappa shape index (κ1) is 19.5. The Morgan fingerprint density at radius 1 is 1.00 bits per heavy atom. The Labute approximate surface area is 176 Å². The van der Waals surface area contributed by atoms with Gasteiger partial charge in [0.25, 0.3) is 5.89 Å². The van der Waals surface area contributed by atoms with Crippen LogP contribution in [-0.4, -0.2) is 22.0 Å². The van der Waals surface area contributed by atoms with Crippen molar-refractivity contribution < 1.29 is 18.8 Å². The predicted molar refractivity (Wildman–Crippen MR) is 112 cm³/mol. The lowest BCUT2D eigenvalue weighted by molar-refractivity contribution is -0.115. The Morgan fingerprint density at radius 3 is 2.60 bits per heavy atom. The molecule has 4 rings (SSSR count). The average molecular weight is 419 g/mol. The van der Waals surface area contributed by atoms with Crippen LogP contribution >= 0.6 is 11.3 Å². The molecule has 1 amide bonds. The first-order valence-corrected chi connectivity index (χ1v) is 10.0. The summed E-state index contributed by atoms with van der Waals surface area (Å²) in [7, 11) is 0. The number of hydrogen-bond donors (Lipinski definition) is 1. The van der Waals surface area contributed by atoms with Gasteiger partial charge in [-0.25, -0.2) is 4.79 Å². The lowest BCUT2D eigenvalue weighted by Crippen LogP contribution is -2.17. The molecule has 0 fully saturated rings. The van der Waals surface area contributed by atoms with E-state index in [9.17, 15) is 9.59 Å². The Kier molecular flexibility index (Phi) is 5.95. The molecule has 0 aliphatic heterocycles. The van der Waals surface area contributed by atoms with Crippen LogP contribution in [0.4, 0.5) is 5.69 Å². The van der Waals surface area contributed by atoms with E-state index in [0.717, 1.165) is 10.4 Å². The summed E-state index contributed by atoms with van der Waals surface area (Å²) < 4.78 is 10.4. The largest absolute Gasteiger partial charge is 0.452 e. The van der Waals surface area contributed by atoms with Crippen molar-refractivity contribution >= 4 is 28.9 Å². The molecule has 0 bridgehead atoms. The molecule has 8 heteroatoms. The van der Waals surface area contributed by atoms with Crippen LogP contribution in [0.2, 0.25) is 0 Å². The third-order valence-corrected chi connectivity index (χ3v) is 5.03. The number of rotatable bonds is 7. The smallest absolute Gasteiger partial charge is 0.340 e. The minimum atomic E-state index is -0.596. The minimum Gasteiger partial charge on any atom is -0.452 e. The lowest BCUT2D eigenvalue weighted by Gasteiger charge is -2.10. The second kappa shape index (κ2) is 9.15. The number of thiophene rings is 1. The average Bonchev–Trinajstić information content (AvgIpc) is 3.45. The summed E-state index contributed by atoms with van der Waals surface area (Å²) in [6, 6.07) is 19.8. The standard InChI is InChI=1S/C22H17N3O4S/c26-19(13-15-7-2-1-3-8-15)23-17-10-5-4-9-16(17)22(27)28-14-20-24-21(25-29-20)18-11-6-12-30-18/h1-12H,13-14H2,(H,23,26). The van der Waals surface area contributed by atoms with E-state index in [4.69, 9.17) is 9.26 Å². The number of aromatic nitrogens is 2. The summed E-state index contributed by atoms with van der Waals surface area (Å²) in [6.07, 6.45) is 0.206. The summed E-state index contributed by atoms with van der Waals surface area (Å²) in [6.45, 7) is -0.163. The monoisotopic (exact) mass is 419 g/mol. The molecule has 30 heavy (non-hydrogen) atoms. The minimum absolute atomic E-state index is 0.163. The zero-order valence-electron chi connectivity index (χ0n) is 15.8. The predicted octanol–water partition coefficient (Wildman–Crippen LogP) is 4.34. The number of nitrogens with one attached hydrogen (secondary N) is 1. The fourth-order valence-corrected chi connectivity index (χ4v) is 3.42. The third-order valence-electron chi connectivity index (χ3n) is 4.16. The van der Waals surface area contributed by atoms with Crippen molar-refractivity contribution in [2.24, 2.45) is 0 Å². The molecule has 4 aromatic rings. The van der Waals surface area contributed by atoms with E-state index in [2.05, 4.69) is 15.5 Å². The molecule has 7 nitrogen and oxygen atoms in total. The molecule has 0 saturated carbocycles. The first-order valence-electron chi connectivity index (χ1n) is 9.15. The number of benzene rings is 2. The van der Waals surface area contributed by atoms with Crippen LogP contribution < -0.4 is 5.32 Å². The van der Waals surface area contributed by atoms with Gasteiger partial charge in [-0.3, -0.25) is 4.79 Å². The van der Waals surface area contributed by atoms with E-state index in [1.807, 2.05) is 47.8 Å². The Hall–Kier alpha value is -3.78. The molecule has 0 radical (unpaired) electrons. The number of amides is 1. The van der Waals surface area contributed by atoms with Crippen molar-refractivity contribution in [1.82, 2.24) is 10.1 Å². The number of esters is 1. The van der Waals surface area contributed by atoms with E-state index < -0.39 is 5.97 Å². The fourth-order valence-electron chi connectivity index (χ4n) is 2.77. The zero-order valence-corrected chi connectivity index (χ0v) is 16.6. The van der Waals surface area contributed by atoms with Gasteiger partial charge in [0.15, 0.2) is 6.61 Å². The van der Waals surface area contributed by atoms with Gasteiger partial charge in [-0.05, 0) is 29.1 Å². The van der Waals surface area contributed by atoms with Gasteiger partial charge >= 0.3 is 5.97 Å². The molecule has 0 saturated heterocycles. The summed E-state index contributed by atoms with van der Waals surface area (Å²) in [5.41, 5.74) is 1.51. The highest BCUT2D eigenvalue weighted by atomic mass is 32.1. The summed E-state index contributed by atoms with van der Waals surface area (Å²) in [5.74, 6) is -0.178. The normalized spacial score (nSPS) is 10.5. The van der Waals surface area contributed by atoms with E-state index in [1.54, 1.807) is 24.3 Å². The number of carbonyl (C=O) groups is 2. The SMILES string of the molecule is O=C(Cc1ccccc1)Nc1ccccc1C(=O)OCc1nc(-c2cccs2)no1. The number of anilines is 1. The van der Waals surface area contributed by atoms with Crippen molar-refractivity contribution in [3.05, 3.63) is 89.1 Å². The highest BCUT2D eigenvalue weighted by Gasteiger charge is 2.17. The van der Waals surface area contributed by atoms with Gasteiger partial charge in [-0.15, -0.1) is 11.3 Å². The maximum Gasteiger partial charge on any atom is 0.340 e. The molecule has 2 aromatic heterocycles. The molecular weight excluding hydrogens is 402 g/mol. The van der Waals surface area contributed by atoms with E-state index in [0.29, 0.717) is 11.5 Å². The van der Waals surface area contributed by atoms with Gasteiger partial charge < -0.3 is 14.6 Å². The first-order chi connectivity index (χ1) is 14.7. The van der Waals surface area contributed by atoms with Gasteiger partial charge in [0.1, 0.15) is 0 Å². The van der Waals surface area contributed by atoms with Crippen LogP contribution in [-0.2, 0) is 22.6 Å². The molecule has 0 aliphatic carbocycles. The second-order valence-corrected chi connectivity index (χ2v) is 7.27. The number of para-hydroxylation sites is 1. The lowest BCUT2D eigenvalue weighted by atomic mass is 10.1. The second-order valence-electron chi connectivity index (χ2n) is 6.32. The summed E-state index contributed by atoms with van der Waals surface area (Å²) >= 11 is 1.49. The third kappa shape index (κ3) is 4.79. The number of hydrogen-bond acceptors (Lipinski definition) is 7. The highest BCUT2D eigenvalue weighted by molar-refractivity contribution is 7.13. The summed E-state index contributed by atoms with van der Waals surface area (Å²) in [4.78, 5) is 30.0. The molecule has 0 unspecified atom stereocenters. The maximum atomic E-state index is 12.6. The quantitative estimate of drug-likeness (QED) is 0.448. The van der Waals surface area contributed by atoms with Crippen molar-refractivity contribution in [3.8, 4) is 10.7 Å². The van der Waals surface area contributed by atoms with Crippen LogP contribution in [0.3, 0.4) is 0 Å². The van der Waals surface area contributed by atoms with Crippen LogP contribution in [0.5, 0.6) is 0 Å². The van der Waals surface area contributed by atoms with Crippen LogP contribution in [0.25, 0.3) is 10.7 Å². The van der Waals surface area contributed by atoms with Gasteiger partial charge in [0.05, 0.1) is 22.5 Å². The molecular formula is C22H17N3O4S. The zero-order chi connectivity index (χ0) is 20.8. The van der Waals surface area contributed by atoms with Crippen molar-refractivity contribution in [3.63, 3.8) is 0 Å². The molecule has 0 aliphatic rings.